The van der Waals surface area contributed by atoms with Crippen molar-refractivity contribution in [2.24, 2.45) is 11.7 Å². The number of urea groups is 1. The average molecular weight is 330 g/mol. The Morgan fingerprint density at radius 1 is 1.04 bits per heavy atom. The van der Waals surface area contributed by atoms with Gasteiger partial charge in [-0.3, -0.25) is 4.79 Å². The number of hydrogen-bond donors (Lipinski definition) is 3. The molecular weight excluding hydrogens is 314 g/mol. The van der Waals surface area contributed by atoms with Crippen LogP contribution in [-0.4, -0.2) is 11.9 Å². The van der Waals surface area contributed by atoms with Crippen molar-refractivity contribution in [2.45, 2.75) is 12.3 Å². The third-order valence-electron chi connectivity index (χ3n) is 3.82. The SMILES string of the molecule is NC(=O)Nc1cccc(NC(=O)[C@@H]2C[C@H]2c2ccc(Cl)cc2)c1. The van der Waals surface area contributed by atoms with Crippen molar-refractivity contribution in [1.82, 2.24) is 0 Å². The number of anilines is 2. The first-order valence-electron chi connectivity index (χ1n) is 7.26. The van der Waals surface area contributed by atoms with E-state index in [1.807, 2.05) is 24.3 Å². The number of nitrogens with two attached hydrogens (primary N) is 1. The van der Waals surface area contributed by atoms with Gasteiger partial charge in [0.15, 0.2) is 0 Å². The summed E-state index contributed by atoms with van der Waals surface area (Å²) in [5.74, 6) is 0.171. The topological polar surface area (TPSA) is 84.2 Å². The molecule has 0 heterocycles. The lowest BCUT2D eigenvalue weighted by molar-refractivity contribution is -0.117. The zero-order valence-corrected chi connectivity index (χ0v) is 13.0. The zero-order valence-electron chi connectivity index (χ0n) is 12.3. The van der Waals surface area contributed by atoms with Crippen LogP contribution in [0.5, 0.6) is 0 Å². The molecule has 1 aliphatic rings. The lowest BCUT2D eigenvalue weighted by Gasteiger charge is -2.07. The monoisotopic (exact) mass is 329 g/mol. The summed E-state index contributed by atoms with van der Waals surface area (Å²) in [5.41, 5.74) is 7.37. The zero-order chi connectivity index (χ0) is 16.4. The van der Waals surface area contributed by atoms with E-state index in [0.717, 1.165) is 12.0 Å². The molecule has 6 heteroatoms. The first-order valence-corrected chi connectivity index (χ1v) is 7.63. The summed E-state index contributed by atoms with van der Waals surface area (Å²) in [6.07, 6.45) is 0.826. The molecule has 0 aliphatic heterocycles. The Bertz CT molecular complexity index is 746. The van der Waals surface area contributed by atoms with Gasteiger partial charge in [-0.15, -0.1) is 0 Å². The molecule has 118 valence electrons. The van der Waals surface area contributed by atoms with E-state index in [1.54, 1.807) is 24.3 Å². The van der Waals surface area contributed by atoms with Gasteiger partial charge < -0.3 is 16.4 Å². The van der Waals surface area contributed by atoms with Gasteiger partial charge in [0.05, 0.1) is 0 Å². The first-order chi connectivity index (χ1) is 11.0. The van der Waals surface area contributed by atoms with Crippen LogP contribution in [-0.2, 0) is 4.79 Å². The van der Waals surface area contributed by atoms with Crippen LogP contribution in [0.1, 0.15) is 17.9 Å². The summed E-state index contributed by atoms with van der Waals surface area (Å²) in [6.45, 7) is 0. The van der Waals surface area contributed by atoms with Gasteiger partial charge in [0, 0.05) is 22.3 Å². The van der Waals surface area contributed by atoms with Crippen molar-refractivity contribution in [3.05, 3.63) is 59.1 Å². The number of amides is 3. The minimum absolute atomic E-state index is 0.0267. The Labute approximate surface area is 138 Å². The Balaban J connectivity index is 1.62. The number of rotatable bonds is 4. The maximum Gasteiger partial charge on any atom is 0.316 e. The summed E-state index contributed by atoms with van der Waals surface area (Å²) in [7, 11) is 0. The number of primary amides is 1. The van der Waals surface area contributed by atoms with Crippen molar-refractivity contribution >= 4 is 34.9 Å². The molecule has 0 bridgehead atoms. The lowest BCUT2D eigenvalue weighted by atomic mass is 10.1. The highest BCUT2D eigenvalue weighted by Gasteiger charge is 2.43. The third-order valence-corrected chi connectivity index (χ3v) is 4.07. The number of hydrogen-bond acceptors (Lipinski definition) is 2. The first kappa shape index (κ1) is 15.4. The van der Waals surface area contributed by atoms with Crippen LogP contribution in [0.25, 0.3) is 0 Å². The molecule has 5 nitrogen and oxygen atoms in total. The van der Waals surface area contributed by atoms with Crippen LogP contribution >= 0.6 is 11.6 Å². The second kappa shape index (κ2) is 6.30. The summed E-state index contributed by atoms with van der Waals surface area (Å²) in [5, 5.41) is 6.04. The van der Waals surface area contributed by atoms with Crippen LogP contribution in [0.3, 0.4) is 0 Å². The van der Waals surface area contributed by atoms with E-state index < -0.39 is 6.03 Å². The molecule has 1 aliphatic carbocycles. The van der Waals surface area contributed by atoms with Crippen LogP contribution in [0.15, 0.2) is 48.5 Å². The molecule has 23 heavy (non-hydrogen) atoms. The standard InChI is InChI=1S/C17H16ClN3O2/c18-11-6-4-10(5-7-11)14-9-15(14)16(22)20-12-2-1-3-13(8-12)21-17(19)23/h1-8,14-15H,9H2,(H,20,22)(H3,19,21,23)/t14-,15+/m0/s1. The van der Waals surface area contributed by atoms with Crippen molar-refractivity contribution < 1.29 is 9.59 Å². The number of nitrogens with one attached hydrogen (secondary N) is 2. The Hall–Kier alpha value is -2.53. The van der Waals surface area contributed by atoms with E-state index in [9.17, 15) is 9.59 Å². The number of benzene rings is 2. The van der Waals surface area contributed by atoms with Gasteiger partial charge in [-0.2, -0.15) is 0 Å². The minimum Gasteiger partial charge on any atom is -0.351 e. The van der Waals surface area contributed by atoms with Gasteiger partial charge >= 0.3 is 6.03 Å². The molecule has 0 aromatic heterocycles. The third kappa shape index (κ3) is 3.81. The Morgan fingerprint density at radius 3 is 2.35 bits per heavy atom. The molecule has 0 saturated heterocycles. The van der Waals surface area contributed by atoms with Crippen LogP contribution in [0, 0.1) is 5.92 Å². The van der Waals surface area contributed by atoms with E-state index in [2.05, 4.69) is 10.6 Å². The largest absolute Gasteiger partial charge is 0.351 e. The lowest BCUT2D eigenvalue weighted by Crippen LogP contribution is -2.19. The van der Waals surface area contributed by atoms with E-state index in [1.165, 1.54) is 0 Å². The predicted molar refractivity (Wildman–Crippen MR) is 90.6 cm³/mol. The summed E-state index contributed by atoms with van der Waals surface area (Å²) in [4.78, 5) is 23.2. The van der Waals surface area contributed by atoms with E-state index in [4.69, 9.17) is 17.3 Å². The fraction of sp³-hybridized carbons (Fsp3) is 0.176. The molecule has 0 radical (unpaired) electrons. The van der Waals surface area contributed by atoms with Crippen molar-refractivity contribution in [2.75, 3.05) is 10.6 Å². The van der Waals surface area contributed by atoms with Crippen molar-refractivity contribution in [3.63, 3.8) is 0 Å². The van der Waals surface area contributed by atoms with E-state index >= 15 is 0 Å². The van der Waals surface area contributed by atoms with Gasteiger partial charge in [-0.25, -0.2) is 4.79 Å². The average Bonchev–Trinajstić information content (AvgIpc) is 3.28. The smallest absolute Gasteiger partial charge is 0.316 e. The Morgan fingerprint density at radius 2 is 1.70 bits per heavy atom. The van der Waals surface area contributed by atoms with Gasteiger partial charge in [0.25, 0.3) is 0 Å². The van der Waals surface area contributed by atoms with Gasteiger partial charge in [0.1, 0.15) is 0 Å². The van der Waals surface area contributed by atoms with Crippen LogP contribution in [0.4, 0.5) is 16.2 Å². The highest BCUT2D eigenvalue weighted by Crippen LogP contribution is 2.48. The Kier molecular flexibility index (Phi) is 4.21. The summed E-state index contributed by atoms with van der Waals surface area (Å²) >= 11 is 5.88. The predicted octanol–water partition coefficient (Wildman–Crippen LogP) is 3.57. The fourth-order valence-electron chi connectivity index (χ4n) is 2.62. The molecule has 1 saturated carbocycles. The molecule has 0 spiro atoms. The van der Waals surface area contributed by atoms with Crippen molar-refractivity contribution in [3.8, 4) is 0 Å². The molecule has 2 aromatic rings. The fourth-order valence-corrected chi connectivity index (χ4v) is 2.74. The molecule has 3 rings (SSSR count). The quantitative estimate of drug-likeness (QED) is 0.801. The molecule has 0 unspecified atom stereocenters. The van der Waals surface area contributed by atoms with E-state index in [-0.39, 0.29) is 17.7 Å². The second-order valence-corrected chi connectivity index (χ2v) is 6.00. The summed E-state index contributed by atoms with van der Waals surface area (Å²) in [6, 6.07) is 13.8. The van der Waals surface area contributed by atoms with Crippen LogP contribution in [0.2, 0.25) is 5.02 Å². The minimum atomic E-state index is -0.640. The highest BCUT2D eigenvalue weighted by atomic mass is 35.5. The number of halogens is 1. The maximum atomic E-state index is 12.3. The molecule has 1 fully saturated rings. The second-order valence-electron chi connectivity index (χ2n) is 5.56. The molecule has 3 amide bonds. The van der Waals surface area contributed by atoms with Crippen molar-refractivity contribution in [1.29, 1.82) is 0 Å². The molecule has 2 aromatic carbocycles. The maximum absolute atomic E-state index is 12.3. The molecule has 4 N–H and O–H groups in total. The molecule has 2 atom stereocenters. The van der Waals surface area contributed by atoms with Crippen LogP contribution < -0.4 is 16.4 Å². The normalized spacial score (nSPS) is 19.0. The molecular formula is C17H16ClN3O2. The van der Waals surface area contributed by atoms with Gasteiger partial charge in [0.2, 0.25) is 5.91 Å². The van der Waals surface area contributed by atoms with Gasteiger partial charge in [-0.05, 0) is 48.2 Å². The number of carbonyl (C=O) groups is 2. The highest BCUT2D eigenvalue weighted by molar-refractivity contribution is 6.30. The van der Waals surface area contributed by atoms with Gasteiger partial charge in [-0.1, -0.05) is 29.8 Å². The summed E-state index contributed by atoms with van der Waals surface area (Å²) < 4.78 is 0. The number of carbonyl (C=O) groups excluding carboxylic acids is 2. The van der Waals surface area contributed by atoms with E-state index in [0.29, 0.717) is 16.4 Å².